The van der Waals surface area contributed by atoms with Crippen LogP contribution in [-0.2, 0) is 6.42 Å². The van der Waals surface area contributed by atoms with Gasteiger partial charge in [0.2, 0.25) is 0 Å². The number of nitrogens with zero attached hydrogens (tertiary/aromatic N) is 1. The molecule has 0 radical (unpaired) electrons. The molecule has 1 heterocycles. The standard InChI is InChI=1S/C16H24N2O2/c1-12(2)16(20)10-18(11-16)15(19)14-7-5-4-6-13(14)8-9-17-3/h4-7,12,17,20H,8-11H2,1-3H3. The van der Waals surface area contributed by atoms with Gasteiger partial charge in [-0.15, -0.1) is 0 Å². The van der Waals surface area contributed by atoms with Crippen LogP contribution in [0.25, 0.3) is 0 Å². The molecule has 1 fully saturated rings. The Morgan fingerprint density at radius 1 is 1.40 bits per heavy atom. The summed E-state index contributed by atoms with van der Waals surface area (Å²) in [5, 5.41) is 13.4. The van der Waals surface area contributed by atoms with Crippen molar-refractivity contribution in [1.29, 1.82) is 0 Å². The van der Waals surface area contributed by atoms with Crippen LogP contribution in [0, 0.1) is 5.92 Å². The van der Waals surface area contributed by atoms with E-state index in [9.17, 15) is 9.90 Å². The third-order valence-electron chi connectivity index (χ3n) is 4.18. The number of β-amino-alcohol motifs (C(OH)–C–C–N with tert-alkyl or cyclic N) is 1. The normalized spacial score (nSPS) is 17.1. The summed E-state index contributed by atoms with van der Waals surface area (Å²) in [6, 6.07) is 7.73. The minimum Gasteiger partial charge on any atom is -0.386 e. The van der Waals surface area contributed by atoms with Crippen LogP contribution in [0.1, 0.15) is 29.8 Å². The molecular formula is C16H24N2O2. The summed E-state index contributed by atoms with van der Waals surface area (Å²) in [7, 11) is 1.91. The van der Waals surface area contributed by atoms with Gasteiger partial charge in [0.25, 0.3) is 5.91 Å². The van der Waals surface area contributed by atoms with Gasteiger partial charge in [0.1, 0.15) is 5.60 Å². The zero-order valence-electron chi connectivity index (χ0n) is 12.5. The Morgan fingerprint density at radius 3 is 2.65 bits per heavy atom. The number of amides is 1. The van der Waals surface area contributed by atoms with Gasteiger partial charge >= 0.3 is 0 Å². The van der Waals surface area contributed by atoms with Gasteiger partial charge in [-0.1, -0.05) is 32.0 Å². The molecule has 0 saturated carbocycles. The fourth-order valence-corrected chi connectivity index (χ4v) is 2.50. The lowest BCUT2D eigenvalue weighted by atomic mass is 9.82. The predicted molar refractivity (Wildman–Crippen MR) is 79.8 cm³/mol. The van der Waals surface area contributed by atoms with Crippen molar-refractivity contribution in [3.63, 3.8) is 0 Å². The predicted octanol–water partition coefficient (Wildman–Crippen LogP) is 1.29. The van der Waals surface area contributed by atoms with E-state index in [0.717, 1.165) is 24.1 Å². The number of nitrogens with one attached hydrogen (secondary N) is 1. The monoisotopic (exact) mass is 276 g/mol. The molecule has 110 valence electrons. The molecule has 1 saturated heterocycles. The molecule has 20 heavy (non-hydrogen) atoms. The van der Waals surface area contributed by atoms with Crippen molar-refractivity contribution in [1.82, 2.24) is 10.2 Å². The maximum atomic E-state index is 12.5. The van der Waals surface area contributed by atoms with Gasteiger partial charge in [-0.2, -0.15) is 0 Å². The van der Waals surface area contributed by atoms with E-state index in [-0.39, 0.29) is 11.8 Å². The number of carbonyl (C=O) groups excluding carboxylic acids is 1. The molecule has 2 rings (SSSR count). The molecule has 0 unspecified atom stereocenters. The Labute approximate surface area is 120 Å². The fourth-order valence-electron chi connectivity index (χ4n) is 2.50. The molecule has 0 aliphatic carbocycles. The second kappa shape index (κ2) is 5.94. The van der Waals surface area contributed by atoms with Crippen molar-refractivity contribution in [2.75, 3.05) is 26.7 Å². The maximum Gasteiger partial charge on any atom is 0.254 e. The average molecular weight is 276 g/mol. The Kier molecular flexibility index (Phi) is 4.45. The van der Waals surface area contributed by atoms with Crippen LogP contribution in [0.5, 0.6) is 0 Å². The highest BCUT2D eigenvalue weighted by atomic mass is 16.3. The molecule has 1 aromatic carbocycles. The first-order valence-corrected chi connectivity index (χ1v) is 7.22. The van der Waals surface area contributed by atoms with Crippen LogP contribution >= 0.6 is 0 Å². The maximum absolute atomic E-state index is 12.5. The van der Waals surface area contributed by atoms with E-state index >= 15 is 0 Å². The SMILES string of the molecule is CNCCc1ccccc1C(=O)N1CC(O)(C(C)C)C1. The van der Waals surface area contributed by atoms with Gasteiger partial charge in [-0.3, -0.25) is 4.79 Å². The minimum absolute atomic E-state index is 0.0297. The van der Waals surface area contributed by atoms with Gasteiger partial charge < -0.3 is 15.3 Å². The summed E-state index contributed by atoms with van der Waals surface area (Å²) >= 11 is 0. The second-order valence-corrected chi connectivity index (χ2v) is 5.93. The summed E-state index contributed by atoms with van der Waals surface area (Å²) in [6.45, 7) is 5.69. The topological polar surface area (TPSA) is 52.6 Å². The van der Waals surface area contributed by atoms with E-state index in [1.54, 1.807) is 4.90 Å². The smallest absolute Gasteiger partial charge is 0.254 e. The third-order valence-corrected chi connectivity index (χ3v) is 4.18. The molecule has 0 atom stereocenters. The van der Waals surface area contributed by atoms with Crippen molar-refractivity contribution in [3.8, 4) is 0 Å². The zero-order valence-corrected chi connectivity index (χ0v) is 12.5. The number of hydrogen-bond acceptors (Lipinski definition) is 3. The largest absolute Gasteiger partial charge is 0.386 e. The first-order chi connectivity index (χ1) is 9.48. The van der Waals surface area contributed by atoms with Gasteiger partial charge in [-0.25, -0.2) is 0 Å². The zero-order chi connectivity index (χ0) is 14.8. The van der Waals surface area contributed by atoms with Gasteiger partial charge in [-0.05, 0) is 37.6 Å². The molecule has 1 aliphatic rings. The quantitative estimate of drug-likeness (QED) is 0.852. The second-order valence-electron chi connectivity index (χ2n) is 5.93. The van der Waals surface area contributed by atoms with E-state index in [1.165, 1.54) is 0 Å². The van der Waals surface area contributed by atoms with E-state index in [4.69, 9.17) is 0 Å². The fraction of sp³-hybridized carbons (Fsp3) is 0.562. The Hall–Kier alpha value is -1.39. The van der Waals surface area contributed by atoms with Crippen molar-refractivity contribution in [2.45, 2.75) is 25.9 Å². The number of rotatable bonds is 5. The number of likely N-dealkylation sites (N-methyl/N-ethyl adjacent to an activating group) is 1. The van der Waals surface area contributed by atoms with Crippen LogP contribution < -0.4 is 5.32 Å². The number of carbonyl (C=O) groups is 1. The molecule has 4 nitrogen and oxygen atoms in total. The highest BCUT2D eigenvalue weighted by molar-refractivity contribution is 5.96. The molecule has 4 heteroatoms. The highest BCUT2D eigenvalue weighted by Crippen LogP contribution is 2.30. The number of likely N-dealkylation sites (tertiary alicyclic amines) is 1. The molecule has 2 N–H and O–H groups in total. The summed E-state index contributed by atoms with van der Waals surface area (Å²) < 4.78 is 0. The average Bonchev–Trinajstić information content (AvgIpc) is 2.41. The van der Waals surface area contributed by atoms with Crippen LogP contribution in [0.15, 0.2) is 24.3 Å². The lowest BCUT2D eigenvalue weighted by Gasteiger charge is -2.49. The first kappa shape index (κ1) is 15.0. The van der Waals surface area contributed by atoms with Crippen molar-refractivity contribution in [3.05, 3.63) is 35.4 Å². The Morgan fingerprint density at radius 2 is 2.05 bits per heavy atom. The molecule has 0 aromatic heterocycles. The lowest BCUT2D eigenvalue weighted by molar-refractivity contribution is -0.110. The van der Waals surface area contributed by atoms with Crippen molar-refractivity contribution >= 4 is 5.91 Å². The van der Waals surface area contributed by atoms with Crippen LogP contribution in [0.3, 0.4) is 0 Å². The lowest BCUT2D eigenvalue weighted by Crippen LogP contribution is -2.66. The van der Waals surface area contributed by atoms with Gasteiger partial charge in [0.15, 0.2) is 0 Å². The first-order valence-electron chi connectivity index (χ1n) is 7.22. The summed E-state index contributed by atoms with van der Waals surface area (Å²) in [5.41, 5.74) is 1.11. The van der Waals surface area contributed by atoms with Gasteiger partial charge in [0, 0.05) is 5.56 Å². The van der Waals surface area contributed by atoms with E-state index in [1.807, 2.05) is 45.2 Å². The minimum atomic E-state index is -0.713. The highest BCUT2D eigenvalue weighted by Gasteiger charge is 2.46. The number of aliphatic hydroxyl groups is 1. The van der Waals surface area contributed by atoms with E-state index in [2.05, 4.69) is 5.32 Å². The molecule has 1 amide bonds. The van der Waals surface area contributed by atoms with Crippen molar-refractivity contribution in [2.24, 2.45) is 5.92 Å². The molecule has 0 bridgehead atoms. The Balaban J connectivity index is 2.07. The van der Waals surface area contributed by atoms with E-state index in [0.29, 0.717) is 13.1 Å². The molecule has 0 spiro atoms. The summed E-state index contributed by atoms with van der Waals surface area (Å²) in [4.78, 5) is 14.3. The molecule has 1 aromatic rings. The van der Waals surface area contributed by atoms with E-state index < -0.39 is 5.60 Å². The van der Waals surface area contributed by atoms with Crippen LogP contribution in [0.4, 0.5) is 0 Å². The summed E-state index contributed by atoms with van der Waals surface area (Å²) in [5.74, 6) is 0.202. The Bertz CT molecular complexity index is 479. The van der Waals surface area contributed by atoms with Crippen LogP contribution in [0.2, 0.25) is 0 Å². The molecular weight excluding hydrogens is 252 g/mol. The third kappa shape index (κ3) is 2.86. The molecule has 1 aliphatic heterocycles. The van der Waals surface area contributed by atoms with Gasteiger partial charge in [0.05, 0.1) is 13.1 Å². The number of hydrogen-bond donors (Lipinski definition) is 2. The number of benzene rings is 1. The summed E-state index contributed by atoms with van der Waals surface area (Å²) in [6.07, 6.45) is 0.834. The van der Waals surface area contributed by atoms with Crippen molar-refractivity contribution < 1.29 is 9.90 Å². The van der Waals surface area contributed by atoms with Crippen LogP contribution in [-0.4, -0.2) is 48.2 Å².